The molecule has 0 amide bonds. The molecule has 100 valence electrons. The molecule has 0 spiro atoms. The Bertz CT molecular complexity index is 425. The summed E-state index contributed by atoms with van der Waals surface area (Å²) in [7, 11) is 0. The minimum atomic E-state index is -0.796. The zero-order chi connectivity index (χ0) is 13.2. The number of thiophene rings is 1. The fraction of sp³-hybridized carbons (Fsp3) is 0.643. The number of hydrogen-bond donors (Lipinski definition) is 1. The molecule has 1 aromatic rings. The maximum absolute atomic E-state index is 11.1. The number of aromatic carboxylic acids is 1. The highest BCUT2D eigenvalue weighted by atomic mass is 32.1. The molecule has 1 aromatic heterocycles. The molecule has 1 saturated heterocycles. The summed E-state index contributed by atoms with van der Waals surface area (Å²) in [6.07, 6.45) is 3.66. The van der Waals surface area contributed by atoms with Crippen LogP contribution in [0.15, 0.2) is 11.4 Å². The minimum absolute atomic E-state index is 0.430. The van der Waals surface area contributed by atoms with Gasteiger partial charge in [0.25, 0.3) is 0 Å². The van der Waals surface area contributed by atoms with Gasteiger partial charge in [-0.25, -0.2) is 4.79 Å². The topological polar surface area (TPSA) is 40.5 Å². The van der Waals surface area contributed by atoms with Crippen LogP contribution in [0.1, 0.15) is 48.3 Å². The molecule has 0 aromatic carbocycles. The van der Waals surface area contributed by atoms with Crippen molar-refractivity contribution in [2.75, 3.05) is 13.1 Å². The van der Waals surface area contributed by atoms with Crippen molar-refractivity contribution in [1.29, 1.82) is 0 Å². The maximum Gasteiger partial charge on any atom is 0.346 e. The van der Waals surface area contributed by atoms with Crippen LogP contribution < -0.4 is 0 Å². The molecule has 1 aliphatic heterocycles. The van der Waals surface area contributed by atoms with Gasteiger partial charge in [-0.05, 0) is 54.8 Å². The standard InChI is InChI=1S/C14H21NO2S/c1-14(2)5-3-7-15(8-6-14)10-11-4-9-18-12(11)13(16)17/h4,9H,3,5-8,10H2,1-2H3,(H,16,17). The lowest BCUT2D eigenvalue weighted by Crippen LogP contribution is -2.25. The number of rotatable bonds is 3. The van der Waals surface area contributed by atoms with E-state index in [1.165, 1.54) is 30.6 Å². The molecule has 4 heteroatoms. The highest BCUT2D eigenvalue weighted by Crippen LogP contribution is 2.30. The first-order valence-corrected chi connectivity index (χ1v) is 7.38. The van der Waals surface area contributed by atoms with Crippen LogP contribution in [0.4, 0.5) is 0 Å². The van der Waals surface area contributed by atoms with E-state index in [9.17, 15) is 4.79 Å². The predicted molar refractivity (Wildman–Crippen MR) is 74.2 cm³/mol. The van der Waals surface area contributed by atoms with Gasteiger partial charge in [0.2, 0.25) is 0 Å². The van der Waals surface area contributed by atoms with E-state index in [-0.39, 0.29) is 0 Å². The van der Waals surface area contributed by atoms with Crippen molar-refractivity contribution in [3.05, 3.63) is 21.9 Å². The summed E-state index contributed by atoms with van der Waals surface area (Å²) in [5, 5.41) is 11.0. The van der Waals surface area contributed by atoms with E-state index in [0.717, 1.165) is 25.2 Å². The Morgan fingerprint density at radius 1 is 1.44 bits per heavy atom. The number of carboxylic acids is 1. The Balaban J connectivity index is 2.01. The van der Waals surface area contributed by atoms with Crippen molar-refractivity contribution in [1.82, 2.24) is 4.90 Å². The van der Waals surface area contributed by atoms with E-state index >= 15 is 0 Å². The molecule has 0 unspecified atom stereocenters. The maximum atomic E-state index is 11.1. The fourth-order valence-corrected chi connectivity index (χ4v) is 3.28. The van der Waals surface area contributed by atoms with Crippen LogP contribution >= 0.6 is 11.3 Å². The van der Waals surface area contributed by atoms with Crippen LogP contribution in [0.2, 0.25) is 0 Å². The van der Waals surface area contributed by atoms with E-state index in [1.54, 1.807) is 0 Å². The van der Waals surface area contributed by atoms with E-state index in [1.807, 2.05) is 11.4 Å². The third-order valence-corrected chi connectivity index (χ3v) is 4.71. The minimum Gasteiger partial charge on any atom is -0.477 e. The van der Waals surface area contributed by atoms with Gasteiger partial charge in [-0.3, -0.25) is 4.90 Å². The summed E-state index contributed by atoms with van der Waals surface area (Å²) in [5.41, 5.74) is 1.39. The monoisotopic (exact) mass is 267 g/mol. The summed E-state index contributed by atoms with van der Waals surface area (Å²) >= 11 is 1.33. The van der Waals surface area contributed by atoms with Gasteiger partial charge in [0, 0.05) is 6.54 Å². The Morgan fingerprint density at radius 3 is 2.94 bits per heavy atom. The normalized spacial score (nSPS) is 20.6. The van der Waals surface area contributed by atoms with Gasteiger partial charge in [-0.2, -0.15) is 0 Å². The van der Waals surface area contributed by atoms with Crippen molar-refractivity contribution in [2.45, 2.75) is 39.7 Å². The molecule has 0 atom stereocenters. The quantitative estimate of drug-likeness (QED) is 0.911. The van der Waals surface area contributed by atoms with Crippen molar-refractivity contribution in [2.24, 2.45) is 5.41 Å². The summed E-state index contributed by atoms with van der Waals surface area (Å²) in [4.78, 5) is 14.0. The van der Waals surface area contributed by atoms with Crippen LogP contribution in [0.3, 0.4) is 0 Å². The first-order valence-electron chi connectivity index (χ1n) is 6.50. The lowest BCUT2D eigenvalue weighted by molar-refractivity contribution is 0.0700. The lowest BCUT2D eigenvalue weighted by atomic mass is 9.85. The Kier molecular flexibility index (Phi) is 4.07. The van der Waals surface area contributed by atoms with E-state index in [4.69, 9.17) is 5.11 Å². The SMILES string of the molecule is CC1(C)CCCN(Cc2ccsc2C(=O)O)CC1. The van der Waals surface area contributed by atoms with Crippen molar-refractivity contribution < 1.29 is 9.90 Å². The first kappa shape index (κ1) is 13.6. The fourth-order valence-electron chi connectivity index (χ4n) is 2.53. The second kappa shape index (κ2) is 5.41. The second-order valence-corrected chi connectivity index (χ2v) is 6.79. The zero-order valence-corrected chi connectivity index (χ0v) is 11.9. The van der Waals surface area contributed by atoms with Crippen LogP contribution in [0, 0.1) is 5.41 Å². The lowest BCUT2D eigenvalue weighted by Gasteiger charge is -2.23. The Labute approximate surface area is 112 Å². The summed E-state index contributed by atoms with van der Waals surface area (Å²) < 4.78 is 0. The summed E-state index contributed by atoms with van der Waals surface area (Å²) in [5.74, 6) is -0.796. The third-order valence-electron chi connectivity index (χ3n) is 3.77. The Hall–Kier alpha value is -0.870. The first-order chi connectivity index (χ1) is 8.48. The van der Waals surface area contributed by atoms with Gasteiger partial charge in [0.1, 0.15) is 4.88 Å². The number of likely N-dealkylation sites (tertiary alicyclic amines) is 1. The molecule has 2 heterocycles. The van der Waals surface area contributed by atoms with Crippen LogP contribution in [-0.2, 0) is 6.54 Å². The van der Waals surface area contributed by atoms with Gasteiger partial charge in [-0.15, -0.1) is 11.3 Å². The molecule has 2 rings (SSSR count). The molecule has 1 aliphatic rings. The highest BCUT2D eigenvalue weighted by Gasteiger charge is 2.24. The average Bonchev–Trinajstić information content (AvgIpc) is 2.66. The summed E-state index contributed by atoms with van der Waals surface area (Å²) in [6.45, 7) is 7.58. The molecule has 1 N–H and O–H groups in total. The molecule has 0 radical (unpaired) electrons. The number of carbonyl (C=O) groups is 1. The number of nitrogens with zero attached hydrogens (tertiary/aromatic N) is 1. The number of carboxylic acid groups (broad SMARTS) is 1. The van der Waals surface area contributed by atoms with Crippen molar-refractivity contribution in [3.8, 4) is 0 Å². The second-order valence-electron chi connectivity index (χ2n) is 5.87. The summed E-state index contributed by atoms with van der Waals surface area (Å²) in [6, 6.07) is 1.95. The molecule has 0 saturated carbocycles. The van der Waals surface area contributed by atoms with E-state index < -0.39 is 5.97 Å². The van der Waals surface area contributed by atoms with Gasteiger partial charge in [0.15, 0.2) is 0 Å². The van der Waals surface area contributed by atoms with Gasteiger partial charge < -0.3 is 5.11 Å². The predicted octanol–water partition coefficient (Wildman–Crippen LogP) is 3.46. The smallest absolute Gasteiger partial charge is 0.346 e. The Morgan fingerprint density at radius 2 is 2.22 bits per heavy atom. The van der Waals surface area contributed by atoms with E-state index in [2.05, 4.69) is 18.7 Å². The van der Waals surface area contributed by atoms with E-state index in [0.29, 0.717) is 10.3 Å². The molecule has 18 heavy (non-hydrogen) atoms. The van der Waals surface area contributed by atoms with Crippen LogP contribution in [0.25, 0.3) is 0 Å². The van der Waals surface area contributed by atoms with Crippen LogP contribution in [-0.4, -0.2) is 29.1 Å². The van der Waals surface area contributed by atoms with Crippen molar-refractivity contribution >= 4 is 17.3 Å². The van der Waals surface area contributed by atoms with Crippen molar-refractivity contribution in [3.63, 3.8) is 0 Å². The largest absolute Gasteiger partial charge is 0.477 e. The van der Waals surface area contributed by atoms with Gasteiger partial charge in [0.05, 0.1) is 0 Å². The molecule has 0 aliphatic carbocycles. The van der Waals surface area contributed by atoms with Gasteiger partial charge >= 0.3 is 5.97 Å². The molecule has 0 bridgehead atoms. The zero-order valence-electron chi connectivity index (χ0n) is 11.1. The van der Waals surface area contributed by atoms with Crippen LogP contribution in [0.5, 0.6) is 0 Å². The average molecular weight is 267 g/mol. The highest BCUT2D eigenvalue weighted by molar-refractivity contribution is 7.12. The number of hydrogen-bond acceptors (Lipinski definition) is 3. The molecular formula is C14H21NO2S. The molecular weight excluding hydrogens is 246 g/mol. The van der Waals surface area contributed by atoms with Gasteiger partial charge in [-0.1, -0.05) is 13.8 Å². The third kappa shape index (κ3) is 3.33. The molecule has 1 fully saturated rings. The molecule has 3 nitrogen and oxygen atoms in total.